The van der Waals surface area contributed by atoms with Crippen LogP contribution in [0.4, 0.5) is 0 Å². The molecule has 0 spiro atoms. The summed E-state index contributed by atoms with van der Waals surface area (Å²) in [5, 5.41) is 3.58. The Kier molecular flexibility index (Phi) is 4.63. The van der Waals surface area contributed by atoms with Gasteiger partial charge in [0.25, 0.3) is 0 Å². The number of benzene rings is 1. The molecule has 1 aromatic rings. The molecule has 4 heteroatoms. The average Bonchev–Trinajstić information content (AvgIpc) is 2.73. The quantitative estimate of drug-likeness (QED) is 0.923. The fourth-order valence-electron chi connectivity index (χ4n) is 2.63. The van der Waals surface area contributed by atoms with Crippen LogP contribution < -0.4 is 5.32 Å². The molecule has 2 atom stereocenters. The molecule has 0 radical (unpaired) electrons. The van der Waals surface area contributed by atoms with Crippen molar-refractivity contribution in [3.05, 3.63) is 33.8 Å². The Hall–Kier alpha value is -0.870. The summed E-state index contributed by atoms with van der Waals surface area (Å²) in [4.78, 5) is 13.4. The molecule has 0 saturated heterocycles. The molecule has 0 saturated carbocycles. The molecule has 1 aliphatic rings. The number of carbonyl (C=O) groups is 1. The van der Waals surface area contributed by atoms with Crippen LogP contribution >= 0.6 is 15.9 Å². The highest BCUT2D eigenvalue weighted by molar-refractivity contribution is 9.10. The Morgan fingerprint density at radius 1 is 1.53 bits per heavy atom. The Labute approximate surface area is 123 Å². The van der Waals surface area contributed by atoms with Gasteiger partial charge in [-0.2, -0.15) is 0 Å². The lowest BCUT2D eigenvalue weighted by molar-refractivity contribution is -0.129. The molecule has 2 rings (SSSR count). The van der Waals surface area contributed by atoms with Crippen molar-refractivity contribution in [2.75, 3.05) is 14.1 Å². The normalized spacial score (nSPS) is 19.1. The van der Waals surface area contributed by atoms with Gasteiger partial charge in [0.2, 0.25) is 5.91 Å². The third-order valence-corrected chi connectivity index (χ3v) is 4.42. The van der Waals surface area contributed by atoms with Gasteiger partial charge in [0.05, 0.1) is 0 Å². The van der Waals surface area contributed by atoms with E-state index < -0.39 is 0 Å². The zero-order valence-electron chi connectivity index (χ0n) is 11.7. The SMILES string of the molecule is CC(CC(=O)N(C)C)NC1CCc2c(Br)cccc21. The van der Waals surface area contributed by atoms with E-state index in [-0.39, 0.29) is 11.9 Å². The Morgan fingerprint density at radius 3 is 2.95 bits per heavy atom. The zero-order chi connectivity index (χ0) is 14.0. The minimum atomic E-state index is 0.174. The van der Waals surface area contributed by atoms with Gasteiger partial charge in [-0.25, -0.2) is 0 Å². The van der Waals surface area contributed by atoms with Gasteiger partial charge in [0.1, 0.15) is 0 Å². The van der Waals surface area contributed by atoms with Gasteiger partial charge in [0, 0.05) is 37.1 Å². The van der Waals surface area contributed by atoms with Crippen LogP contribution in [0.25, 0.3) is 0 Å². The maximum absolute atomic E-state index is 11.7. The summed E-state index contributed by atoms with van der Waals surface area (Å²) in [6.45, 7) is 2.08. The molecule has 2 unspecified atom stereocenters. The van der Waals surface area contributed by atoms with E-state index in [1.807, 2.05) is 0 Å². The van der Waals surface area contributed by atoms with Gasteiger partial charge in [-0.05, 0) is 37.0 Å². The second-order valence-corrected chi connectivity index (χ2v) is 6.31. The number of halogens is 1. The highest BCUT2D eigenvalue weighted by Crippen LogP contribution is 2.35. The Balaban J connectivity index is 1.99. The van der Waals surface area contributed by atoms with Crippen LogP contribution in [0.5, 0.6) is 0 Å². The van der Waals surface area contributed by atoms with Crippen molar-refractivity contribution in [3.63, 3.8) is 0 Å². The van der Waals surface area contributed by atoms with E-state index in [4.69, 9.17) is 0 Å². The van der Waals surface area contributed by atoms with E-state index >= 15 is 0 Å². The maximum atomic E-state index is 11.7. The van der Waals surface area contributed by atoms with E-state index in [1.165, 1.54) is 15.6 Å². The van der Waals surface area contributed by atoms with Crippen molar-refractivity contribution in [1.29, 1.82) is 0 Å². The second-order valence-electron chi connectivity index (χ2n) is 5.46. The molecule has 1 aliphatic carbocycles. The molecule has 3 nitrogen and oxygen atoms in total. The van der Waals surface area contributed by atoms with E-state index in [1.54, 1.807) is 19.0 Å². The van der Waals surface area contributed by atoms with Crippen molar-refractivity contribution in [1.82, 2.24) is 10.2 Å². The minimum Gasteiger partial charge on any atom is -0.349 e. The van der Waals surface area contributed by atoms with Crippen LogP contribution in [0.1, 0.15) is 36.9 Å². The first-order valence-corrected chi connectivity index (χ1v) is 7.52. The molecule has 0 aliphatic heterocycles. The van der Waals surface area contributed by atoms with Crippen LogP contribution in [0, 0.1) is 0 Å². The minimum absolute atomic E-state index is 0.174. The van der Waals surface area contributed by atoms with Crippen LogP contribution in [0.15, 0.2) is 22.7 Å². The van der Waals surface area contributed by atoms with Crippen LogP contribution in [0.2, 0.25) is 0 Å². The summed E-state index contributed by atoms with van der Waals surface area (Å²) in [6, 6.07) is 6.94. The monoisotopic (exact) mass is 324 g/mol. The molecule has 1 amide bonds. The van der Waals surface area contributed by atoms with Gasteiger partial charge < -0.3 is 10.2 Å². The molecule has 0 heterocycles. The number of hydrogen-bond acceptors (Lipinski definition) is 2. The fourth-order valence-corrected chi connectivity index (χ4v) is 3.21. The first-order valence-electron chi connectivity index (χ1n) is 6.72. The summed E-state index contributed by atoms with van der Waals surface area (Å²) >= 11 is 3.61. The summed E-state index contributed by atoms with van der Waals surface area (Å²) in [7, 11) is 3.61. The predicted molar refractivity (Wildman–Crippen MR) is 81.1 cm³/mol. The third-order valence-electron chi connectivity index (χ3n) is 3.68. The van der Waals surface area contributed by atoms with Crippen molar-refractivity contribution < 1.29 is 4.79 Å². The van der Waals surface area contributed by atoms with Crippen molar-refractivity contribution in [2.45, 2.75) is 38.3 Å². The molecular weight excluding hydrogens is 304 g/mol. The van der Waals surface area contributed by atoms with Gasteiger partial charge in [-0.3, -0.25) is 4.79 Å². The summed E-state index contributed by atoms with van der Waals surface area (Å²) in [6.07, 6.45) is 2.76. The fraction of sp³-hybridized carbons (Fsp3) is 0.533. The van der Waals surface area contributed by atoms with Crippen molar-refractivity contribution >= 4 is 21.8 Å². The van der Waals surface area contributed by atoms with Gasteiger partial charge in [-0.1, -0.05) is 28.1 Å². The van der Waals surface area contributed by atoms with Crippen molar-refractivity contribution in [3.8, 4) is 0 Å². The third kappa shape index (κ3) is 3.37. The second kappa shape index (κ2) is 6.06. The van der Waals surface area contributed by atoms with Gasteiger partial charge >= 0.3 is 0 Å². The van der Waals surface area contributed by atoms with E-state index in [0.717, 1.165) is 12.8 Å². The molecular formula is C15H21BrN2O. The Morgan fingerprint density at radius 2 is 2.26 bits per heavy atom. The van der Waals surface area contributed by atoms with Crippen LogP contribution in [-0.2, 0) is 11.2 Å². The maximum Gasteiger partial charge on any atom is 0.223 e. The van der Waals surface area contributed by atoms with Crippen LogP contribution in [-0.4, -0.2) is 30.9 Å². The predicted octanol–water partition coefficient (Wildman–Crippen LogP) is 2.89. The lowest BCUT2D eigenvalue weighted by Gasteiger charge is -2.21. The lowest BCUT2D eigenvalue weighted by Crippen LogP contribution is -2.35. The number of nitrogens with one attached hydrogen (secondary N) is 1. The molecule has 1 N–H and O–H groups in total. The summed E-state index contributed by atoms with van der Waals surface area (Å²) in [5.41, 5.74) is 2.78. The molecule has 0 aromatic heterocycles. The highest BCUT2D eigenvalue weighted by atomic mass is 79.9. The molecule has 104 valence electrons. The van der Waals surface area contributed by atoms with Gasteiger partial charge in [0.15, 0.2) is 0 Å². The van der Waals surface area contributed by atoms with Gasteiger partial charge in [-0.15, -0.1) is 0 Å². The van der Waals surface area contributed by atoms with Crippen LogP contribution in [0.3, 0.4) is 0 Å². The molecule has 0 bridgehead atoms. The largest absolute Gasteiger partial charge is 0.349 e. The highest BCUT2D eigenvalue weighted by Gasteiger charge is 2.25. The van der Waals surface area contributed by atoms with E-state index in [9.17, 15) is 4.79 Å². The zero-order valence-corrected chi connectivity index (χ0v) is 13.3. The topological polar surface area (TPSA) is 32.3 Å². The standard InChI is InChI=1S/C15H21BrN2O/c1-10(9-15(19)18(2)3)17-14-8-7-11-12(14)5-4-6-13(11)16/h4-6,10,14,17H,7-9H2,1-3H3. The number of fused-ring (bicyclic) bond motifs is 1. The number of rotatable bonds is 4. The number of nitrogens with zero attached hydrogens (tertiary/aromatic N) is 1. The summed E-state index contributed by atoms with van der Waals surface area (Å²) in [5.74, 6) is 0.174. The average molecular weight is 325 g/mol. The molecule has 1 aromatic carbocycles. The molecule has 0 fully saturated rings. The summed E-state index contributed by atoms with van der Waals surface area (Å²) < 4.78 is 1.20. The first kappa shape index (κ1) is 14.5. The molecule has 19 heavy (non-hydrogen) atoms. The lowest BCUT2D eigenvalue weighted by atomic mass is 10.1. The number of amides is 1. The Bertz CT molecular complexity index is 473. The number of carbonyl (C=O) groups excluding carboxylic acids is 1. The van der Waals surface area contributed by atoms with Crippen molar-refractivity contribution in [2.24, 2.45) is 0 Å². The van der Waals surface area contributed by atoms with E-state index in [2.05, 4.69) is 46.4 Å². The first-order chi connectivity index (χ1) is 8.99. The number of hydrogen-bond donors (Lipinski definition) is 1. The van der Waals surface area contributed by atoms with E-state index in [0.29, 0.717) is 12.5 Å². The smallest absolute Gasteiger partial charge is 0.223 e.